The maximum atomic E-state index is 13.3. The molecule has 3 fully saturated rings. The van der Waals surface area contributed by atoms with Crippen molar-refractivity contribution >= 4 is 23.2 Å². The van der Waals surface area contributed by atoms with E-state index < -0.39 is 0 Å². The number of hydrogen-bond donors (Lipinski definition) is 1. The highest BCUT2D eigenvalue weighted by Crippen LogP contribution is 2.44. The van der Waals surface area contributed by atoms with Crippen LogP contribution in [0.1, 0.15) is 44.9 Å². The first kappa shape index (κ1) is 17.2. The SMILES string of the molecule is O=C1N([C@H]2CC[C@H](O)CC2)CC[C@]12CCCN(c1ccccc1Cl)C2. The predicted molar refractivity (Wildman–Crippen MR) is 99.9 cm³/mol. The lowest BCUT2D eigenvalue weighted by Crippen LogP contribution is -2.50. The lowest BCUT2D eigenvalue weighted by molar-refractivity contribution is -0.139. The van der Waals surface area contributed by atoms with Gasteiger partial charge >= 0.3 is 0 Å². The van der Waals surface area contributed by atoms with Crippen LogP contribution >= 0.6 is 11.6 Å². The number of carbonyl (C=O) groups is 1. The van der Waals surface area contributed by atoms with E-state index >= 15 is 0 Å². The summed E-state index contributed by atoms with van der Waals surface area (Å²) >= 11 is 6.39. The van der Waals surface area contributed by atoms with Crippen LogP contribution in [0, 0.1) is 5.41 Å². The molecule has 0 radical (unpaired) electrons. The molecule has 1 aromatic rings. The van der Waals surface area contributed by atoms with Crippen molar-refractivity contribution in [1.82, 2.24) is 4.90 Å². The minimum atomic E-state index is -0.243. The molecule has 4 rings (SSSR count). The van der Waals surface area contributed by atoms with Crippen molar-refractivity contribution in [3.63, 3.8) is 0 Å². The second kappa shape index (κ2) is 6.81. The summed E-state index contributed by atoms with van der Waals surface area (Å²) in [6.45, 7) is 2.62. The molecule has 1 amide bonds. The van der Waals surface area contributed by atoms with E-state index in [-0.39, 0.29) is 11.5 Å². The molecule has 2 aliphatic heterocycles. The fourth-order valence-corrected chi connectivity index (χ4v) is 5.25. The minimum Gasteiger partial charge on any atom is -0.393 e. The van der Waals surface area contributed by atoms with E-state index in [1.807, 2.05) is 18.2 Å². The third kappa shape index (κ3) is 3.15. The van der Waals surface area contributed by atoms with Crippen molar-refractivity contribution in [2.24, 2.45) is 5.41 Å². The molecule has 1 saturated carbocycles. The molecule has 0 bridgehead atoms. The summed E-state index contributed by atoms with van der Waals surface area (Å²) in [4.78, 5) is 17.8. The van der Waals surface area contributed by atoms with Crippen molar-refractivity contribution < 1.29 is 9.90 Å². The van der Waals surface area contributed by atoms with E-state index in [4.69, 9.17) is 11.6 Å². The zero-order chi connectivity index (χ0) is 17.4. The van der Waals surface area contributed by atoms with Crippen LogP contribution in [0.5, 0.6) is 0 Å². The van der Waals surface area contributed by atoms with Gasteiger partial charge in [0.05, 0.1) is 22.2 Å². The maximum absolute atomic E-state index is 13.3. The van der Waals surface area contributed by atoms with Crippen LogP contribution in [0.3, 0.4) is 0 Å². The molecule has 0 unspecified atom stereocenters. The third-order valence-electron chi connectivity index (χ3n) is 6.42. The molecule has 2 saturated heterocycles. The number of hydrogen-bond acceptors (Lipinski definition) is 3. The highest BCUT2D eigenvalue weighted by molar-refractivity contribution is 6.33. The lowest BCUT2D eigenvalue weighted by atomic mass is 9.78. The molecule has 136 valence electrons. The first-order valence-electron chi connectivity index (χ1n) is 9.58. The smallest absolute Gasteiger partial charge is 0.230 e. The van der Waals surface area contributed by atoms with Gasteiger partial charge in [-0.1, -0.05) is 23.7 Å². The molecule has 25 heavy (non-hydrogen) atoms. The van der Waals surface area contributed by atoms with E-state index in [1.54, 1.807) is 0 Å². The van der Waals surface area contributed by atoms with Gasteiger partial charge in [0, 0.05) is 25.7 Å². The number of aliphatic hydroxyl groups excluding tert-OH is 1. The fraction of sp³-hybridized carbons (Fsp3) is 0.650. The number of carbonyl (C=O) groups excluding carboxylic acids is 1. The zero-order valence-electron chi connectivity index (χ0n) is 14.7. The Balaban J connectivity index is 1.50. The van der Waals surface area contributed by atoms with Gasteiger partial charge in [-0.2, -0.15) is 0 Å². The molecule has 4 nitrogen and oxygen atoms in total. The number of likely N-dealkylation sites (tertiary alicyclic amines) is 1. The van der Waals surface area contributed by atoms with Gasteiger partial charge in [0.15, 0.2) is 0 Å². The first-order valence-corrected chi connectivity index (χ1v) is 9.95. The van der Waals surface area contributed by atoms with Gasteiger partial charge in [-0.25, -0.2) is 0 Å². The Labute approximate surface area is 154 Å². The van der Waals surface area contributed by atoms with E-state index in [0.717, 1.165) is 75.3 Å². The largest absolute Gasteiger partial charge is 0.393 e. The minimum absolute atomic E-state index is 0.173. The highest BCUT2D eigenvalue weighted by Gasteiger charge is 2.50. The van der Waals surface area contributed by atoms with Gasteiger partial charge in [-0.3, -0.25) is 4.79 Å². The van der Waals surface area contributed by atoms with E-state index in [9.17, 15) is 9.90 Å². The van der Waals surface area contributed by atoms with Crippen molar-refractivity contribution in [2.75, 3.05) is 24.5 Å². The average molecular weight is 363 g/mol. The number of amides is 1. The van der Waals surface area contributed by atoms with Crippen LogP contribution < -0.4 is 4.90 Å². The number of piperidine rings is 1. The van der Waals surface area contributed by atoms with Gasteiger partial charge in [0.2, 0.25) is 5.91 Å². The summed E-state index contributed by atoms with van der Waals surface area (Å²) in [5, 5.41) is 10.5. The molecular weight excluding hydrogens is 336 g/mol. The highest BCUT2D eigenvalue weighted by atomic mass is 35.5. The Morgan fingerprint density at radius 1 is 1.08 bits per heavy atom. The van der Waals surface area contributed by atoms with Crippen molar-refractivity contribution in [3.8, 4) is 0 Å². The summed E-state index contributed by atoms with van der Waals surface area (Å²) in [5.74, 6) is 0.339. The van der Waals surface area contributed by atoms with Crippen molar-refractivity contribution in [3.05, 3.63) is 29.3 Å². The second-order valence-corrected chi connectivity index (χ2v) is 8.37. The molecule has 1 atom stereocenters. The van der Waals surface area contributed by atoms with Crippen LogP contribution in [-0.2, 0) is 4.79 Å². The third-order valence-corrected chi connectivity index (χ3v) is 6.74. The van der Waals surface area contributed by atoms with Crippen LogP contribution in [0.2, 0.25) is 5.02 Å². The van der Waals surface area contributed by atoms with Crippen LogP contribution in [-0.4, -0.2) is 47.7 Å². The van der Waals surface area contributed by atoms with Gasteiger partial charge in [-0.15, -0.1) is 0 Å². The van der Waals surface area contributed by atoms with E-state index in [2.05, 4.69) is 15.9 Å². The molecule has 5 heteroatoms. The maximum Gasteiger partial charge on any atom is 0.230 e. The number of aliphatic hydroxyl groups is 1. The number of nitrogens with zero attached hydrogens (tertiary/aromatic N) is 2. The molecule has 3 aliphatic rings. The van der Waals surface area contributed by atoms with E-state index in [1.165, 1.54) is 0 Å². The number of anilines is 1. The van der Waals surface area contributed by atoms with Crippen LogP contribution in [0.25, 0.3) is 0 Å². The summed E-state index contributed by atoms with van der Waals surface area (Å²) in [7, 11) is 0. The van der Waals surface area contributed by atoms with Gasteiger partial charge in [0.25, 0.3) is 0 Å². The monoisotopic (exact) mass is 362 g/mol. The Bertz CT molecular complexity index is 644. The molecule has 0 aromatic heterocycles. The summed E-state index contributed by atoms with van der Waals surface area (Å²) in [6.07, 6.45) is 6.33. The number of rotatable bonds is 2. The van der Waals surface area contributed by atoms with Crippen molar-refractivity contribution in [2.45, 2.75) is 57.1 Å². The van der Waals surface area contributed by atoms with Gasteiger partial charge in [0.1, 0.15) is 0 Å². The lowest BCUT2D eigenvalue weighted by Gasteiger charge is -2.41. The Hall–Kier alpha value is -1.26. The van der Waals surface area contributed by atoms with Gasteiger partial charge < -0.3 is 14.9 Å². The number of halogens is 1. The second-order valence-electron chi connectivity index (χ2n) is 7.97. The predicted octanol–water partition coefficient (Wildman–Crippen LogP) is 3.46. The molecular formula is C20H27ClN2O2. The first-order chi connectivity index (χ1) is 12.1. The van der Waals surface area contributed by atoms with E-state index in [0.29, 0.717) is 11.9 Å². The molecule has 1 N–H and O–H groups in total. The van der Waals surface area contributed by atoms with Crippen molar-refractivity contribution in [1.29, 1.82) is 0 Å². The van der Waals surface area contributed by atoms with Gasteiger partial charge in [-0.05, 0) is 57.1 Å². The Kier molecular flexibility index (Phi) is 4.67. The fourth-order valence-electron chi connectivity index (χ4n) is 4.99. The van der Waals surface area contributed by atoms with Crippen LogP contribution in [0.15, 0.2) is 24.3 Å². The number of para-hydroxylation sites is 1. The molecule has 1 aromatic carbocycles. The summed E-state index contributed by atoms with van der Waals surface area (Å²) < 4.78 is 0. The Morgan fingerprint density at radius 3 is 2.60 bits per heavy atom. The molecule has 2 heterocycles. The molecule has 1 spiro atoms. The number of benzene rings is 1. The molecule has 1 aliphatic carbocycles. The topological polar surface area (TPSA) is 43.8 Å². The normalized spacial score (nSPS) is 33.3. The quantitative estimate of drug-likeness (QED) is 0.876. The van der Waals surface area contributed by atoms with Crippen LogP contribution in [0.4, 0.5) is 5.69 Å². The summed E-state index contributed by atoms with van der Waals surface area (Å²) in [5.41, 5.74) is 0.809. The zero-order valence-corrected chi connectivity index (χ0v) is 15.4. The standard InChI is InChI=1S/C20H27ClN2O2/c21-17-4-1-2-5-18(17)22-12-3-10-20(14-22)11-13-23(19(20)25)15-6-8-16(24)9-7-15/h1-2,4-5,15-16,24H,3,6-14H2/t15-,16-,20-/m0/s1. The Morgan fingerprint density at radius 2 is 1.84 bits per heavy atom. The summed E-state index contributed by atoms with van der Waals surface area (Å²) in [6, 6.07) is 8.27. The average Bonchev–Trinajstić information content (AvgIpc) is 2.92.